The van der Waals surface area contributed by atoms with Crippen molar-refractivity contribution in [2.75, 3.05) is 11.1 Å². The zero-order valence-corrected chi connectivity index (χ0v) is 10.1. The highest BCUT2D eigenvalue weighted by molar-refractivity contribution is 6.05. The summed E-state index contributed by atoms with van der Waals surface area (Å²) in [6.45, 7) is 1.69. The van der Waals surface area contributed by atoms with Gasteiger partial charge in [-0.25, -0.2) is 8.78 Å². The number of nitrogens with one attached hydrogen (secondary N) is 1. The SMILES string of the molecule is Cc1cccnc1C(=O)Nc1c(N)ccc(F)c1F. The van der Waals surface area contributed by atoms with Gasteiger partial charge in [0.25, 0.3) is 5.91 Å². The molecule has 0 saturated carbocycles. The number of rotatable bonds is 2. The molecular weight excluding hydrogens is 252 g/mol. The Hall–Kier alpha value is -2.50. The lowest BCUT2D eigenvalue weighted by atomic mass is 10.2. The monoisotopic (exact) mass is 263 g/mol. The van der Waals surface area contributed by atoms with E-state index in [2.05, 4.69) is 10.3 Å². The van der Waals surface area contributed by atoms with Crippen LogP contribution in [0.1, 0.15) is 16.1 Å². The Kier molecular flexibility index (Phi) is 3.41. The molecule has 3 N–H and O–H groups in total. The summed E-state index contributed by atoms with van der Waals surface area (Å²) in [5, 5.41) is 2.24. The van der Waals surface area contributed by atoms with Gasteiger partial charge in [-0.15, -0.1) is 0 Å². The van der Waals surface area contributed by atoms with Gasteiger partial charge in [-0.05, 0) is 30.7 Å². The minimum absolute atomic E-state index is 0.0548. The van der Waals surface area contributed by atoms with Crippen molar-refractivity contribution in [3.63, 3.8) is 0 Å². The van der Waals surface area contributed by atoms with E-state index in [4.69, 9.17) is 5.73 Å². The van der Waals surface area contributed by atoms with Crippen LogP contribution in [-0.2, 0) is 0 Å². The van der Waals surface area contributed by atoms with E-state index >= 15 is 0 Å². The van der Waals surface area contributed by atoms with Gasteiger partial charge in [0.1, 0.15) is 11.4 Å². The summed E-state index contributed by atoms with van der Waals surface area (Å²) >= 11 is 0. The number of benzene rings is 1. The molecule has 0 aliphatic rings. The molecule has 0 unspecified atom stereocenters. The third-order valence-electron chi connectivity index (χ3n) is 2.59. The molecule has 1 heterocycles. The van der Waals surface area contributed by atoms with Crippen LogP contribution in [0, 0.1) is 18.6 Å². The van der Waals surface area contributed by atoms with Crippen molar-refractivity contribution >= 4 is 17.3 Å². The van der Waals surface area contributed by atoms with E-state index in [1.54, 1.807) is 19.1 Å². The maximum atomic E-state index is 13.5. The van der Waals surface area contributed by atoms with Gasteiger partial charge in [-0.3, -0.25) is 9.78 Å². The van der Waals surface area contributed by atoms with Crippen molar-refractivity contribution in [3.05, 3.63) is 53.4 Å². The zero-order chi connectivity index (χ0) is 14.0. The van der Waals surface area contributed by atoms with Crippen LogP contribution in [0.2, 0.25) is 0 Å². The summed E-state index contributed by atoms with van der Waals surface area (Å²) in [6, 6.07) is 5.43. The Labute approximate surface area is 108 Å². The fraction of sp³-hybridized carbons (Fsp3) is 0.0769. The van der Waals surface area contributed by atoms with Gasteiger partial charge in [0.05, 0.1) is 5.69 Å². The van der Waals surface area contributed by atoms with E-state index in [9.17, 15) is 13.6 Å². The van der Waals surface area contributed by atoms with Crippen LogP contribution in [0.25, 0.3) is 0 Å². The van der Waals surface area contributed by atoms with Crippen molar-refractivity contribution in [3.8, 4) is 0 Å². The predicted octanol–water partition coefficient (Wildman–Crippen LogP) is 2.50. The summed E-state index contributed by atoms with van der Waals surface area (Å²) in [5.41, 5.74) is 5.83. The molecule has 6 heteroatoms. The highest BCUT2D eigenvalue weighted by atomic mass is 19.2. The molecule has 2 rings (SSSR count). The quantitative estimate of drug-likeness (QED) is 0.818. The van der Waals surface area contributed by atoms with Crippen LogP contribution in [0.3, 0.4) is 0 Å². The topological polar surface area (TPSA) is 68.0 Å². The zero-order valence-electron chi connectivity index (χ0n) is 10.1. The fourth-order valence-electron chi connectivity index (χ4n) is 1.59. The molecule has 0 radical (unpaired) electrons. The van der Waals surface area contributed by atoms with E-state index in [1.807, 2.05) is 0 Å². The first-order valence-electron chi connectivity index (χ1n) is 5.47. The lowest BCUT2D eigenvalue weighted by Gasteiger charge is -2.10. The standard InChI is InChI=1S/C13H11F2N3O/c1-7-3-2-6-17-11(7)13(19)18-12-9(16)5-4-8(14)10(12)15/h2-6H,16H2,1H3,(H,18,19). The number of nitrogens with two attached hydrogens (primary N) is 1. The number of pyridine rings is 1. The van der Waals surface area contributed by atoms with E-state index in [0.29, 0.717) is 5.56 Å². The number of carbonyl (C=O) groups excluding carboxylic acids is 1. The number of nitrogens with zero attached hydrogens (tertiary/aromatic N) is 1. The second kappa shape index (κ2) is 5.01. The molecule has 1 amide bonds. The third-order valence-corrected chi connectivity index (χ3v) is 2.59. The Morgan fingerprint density at radius 2 is 2.05 bits per heavy atom. The van der Waals surface area contributed by atoms with E-state index in [0.717, 1.165) is 6.07 Å². The van der Waals surface area contributed by atoms with Crippen molar-refractivity contribution in [1.82, 2.24) is 4.98 Å². The van der Waals surface area contributed by atoms with Crippen molar-refractivity contribution in [1.29, 1.82) is 0 Å². The van der Waals surface area contributed by atoms with E-state index < -0.39 is 17.5 Å². The average molecular weight is 263 g/mol. The first kappa shape index (κ1) is 12.9. The van der Waals surface area contributed by atoms with E-state index in [-0.39, 0.29) is 17.1 Å². The Bertz CT molecular complexity index is 644. The van der Waals surface area contributed by atoms with Crippen molar-refractivity contribution < 1.29 is 13.6 Å². The molecule has 1 aromatic carbocycles. The second-order valence-electron chi connectivity index (χ2n) is 3.95. The van der Waals surface area contributed by atoms with Gasteiger partial charge in [-0.1, -0.05) is 6.07 Å². The number of hydrogen-bond acceptors (Lipinski definition) is 3. The molecule has 0 fully saturated rings. The second-order valence-corrected chi connectivity index (χ2v) is 3.95. The molecule has 98 valence electrons. The first-order chi connectivity index (χ1) is 9.00. The van der Waals surface area contributed by atoms with E-state index in [1.165, 1.54) is 12.3 Å². The maximum Gasteiger partial charge on any atom is 0.274 e. The van der Waals surface area contributed by atoms with Gasteiger partial charge < -0.3 is 11.1 Å². The number of hydrogen-bond donors (Lipinski definition) is 2. The van der Waals surface area contributed by atoms with Gasteiger partial charge in [-0.2, -0.15) is 0 Å². The molecule has 0 aliphatic carbocycles. The largest absolute Gasteiger partial charge is 0.397 e. The van der Waals surface area contributed by atoms with Crippen LogP contribution in [0.15, 0.2) is 30.5 Å². The number of carbonyl (C=O) groups is 1. The van der Waals surface area contributed by atoms with Crippen LogP contribution in [0.4, 0.5) is 20.2 Å². The number of nitrogen functional groups attached to an aromatic ring is 1. The lowest BCUT2D eigenvalue weighted by molar-refractivity contribution is 0.102. The number of aryl methyl sites for hydroxylation is 1. The Morgan fingerprint density at radius 1 is 1.32 bits per heavy atom. The summed E-state index contributed by atoms with van der Waals surface area (Å²) < 4.78 is 26.6. The fourth-order valence-corrected chi connectivity index (χ4v) is 1.59. The highest BCUT2D eigenvalue weighted by Gasteiger charge is 2.17. The molecule has 1 aromatic heterocycles. The van der Waals surface area contributed by atoms with Crippen LogP contribution < -0.4 is 11.1 Å². The molecular formula is C13H11F2N3O. The molecule has 19 heavy (non-hydrogen) atoms. The van der Waals surface area contributed by atoms with Crippen LogP contribution in [-0.4, -0.2) is 10.9 Å². The third kappa shape index (κ3) is 2.52. The van der Waals surface area contributed by atoms with Crippen LogP contribution in [0.5, 0.6) is 0 Å². The first-order valence-corrected chi connectivity index (χ1v) is 5.47. The number of amides is 1. The number of aromatic nitrogens is 1. The normalized spacial score (nSPS) is 10.3. The number of anilines is 2. The smallest absolute Gasteiger partial charge is 0.274 e. The lowest BCUT2D eigenvalue weighted by Crippen LogP contribution is -2.17. The summed E-state index contributed by atoms with van der Waals surface area (Å²) in [6.07, 6.45) is 1.44. The van der Waals surface area contributed by atoms with Crippen molar-refractivity contribution in [2.24, 2.45) is 0 Å². The van der Waals surface area contributed by atoms with Crippen LogP contribution >= 0.6 is 0 Å². The van der Waals surface area contributed by atoms with Gasteiger partial charge >= 0.3 is 0 Å². The molecule has 0 atom stereocenters. The molecule has 0 saturated heterocycles. The summed E-state index contributed by atoms with van der Waals surface area (Å²) in [7, 11) is 0. The minimum atomic E-state index is -1.19. The predicted molar refractivity (Wildman–Crippen MR) is 67.7 cm³/mol. The van der Waals surface area contributed by atoms with Crippen molar-refractivity contribution in [2.45, 2.75) is 6.92 Å². The molecule has 0 spiro atoms. The molecule has 4 nitrogen and oxygen atoms in total. The Balaban J connectivity index is 2.35. The highest BCUT2D eigenvalue weighted by Crippen LogP contribution is 2.25. The summed E-state index contributed by atoms with van der Waals surface area (Å²) in [4.78, 5) is 15.8. The van der Waals surface area contributed by atoms with Gasteiger partial charge in [0.2, 0.25) is 0 Å². The van der Waals surface area contributed by atoms with Gasteiger partial charge in [0.15, 0.2) is 11.6 Å². The summed E-state index contributed by atoms with van der Waals surface area (Å²) in [5.74, 6) is -2.92. The molecule has 2 aromatic rings. The maximum absolute atomic E-state index is 13.5. The molecule has 0 bridgehead atoms. The number of halogens is 2. The molecule has 0 aliphatic heterocycles. The average Bonchev–Trinajstić information content (AvgIpc) is 2.39. The van der Waals surface area contributed by atoms with Gasteiger partial charge in [0, 0.05) is 6.20 Å². The Morgan fingerprint density at radius 3 is 2.74 bits per heavy atom. The minimum Gasteiger partial charge on any atom is -0.397 e.